The minimum atomic E-state index is -0.0128. The van der Waals surface area contributed by atoms with Crippen molar-refractivity contribution >= 4 is 0 Å². The number of rotatable bonds is 4. The zero-order chi connectivity index (χ0) is 13.9. The van der Waals surface area contributed by atoms with Gasteiger partial charge in [-0.2, -0.15) is 5.26 Å². The lowest BCUT2D eigenvalue weighted by Gasteiger charge is -2.32. The van der Waals surface area contributed by atoms with Crippen molar-refractivity contribution in [1.29, 1.82) is 5.26 Å². The van der Waals surface area contributed by atoms with Gasteiger partial charge in [-0.25, -0.2) is 0 Å². The summed E-state index contributed by atoms with van der Waals surface area (Å²) < 4.78 is 0. The first-order chi connectivity index (χ1) is 9.09. The summed E-state index contributed by atoms with van der Waals surface area (Å²) in [6.45, 7) is 4.50. The third-order valence-electron chi connectivity index (χ3n) is 4.41. The van der Waals surface area contributed by atoms with Gasteiger partial charge in [-0.3, -0.25) is 0 Å². The Hall–Kier alpha value is -1.37. The summed E-state index contributed by atoms with van der Waals surface area (Å²) in [6.07, 6.45) is 3.35. The van der Waals surface area contributed by atoms with Crippen molar-refractivity contribution in [1.82, 2.24) is 5.32 Å². The van der Waals surface area contributed by atoms with Crippen molar-refractivity contribution in [2.24, 2.45) is 5.41 Å². The molecule has 1 aliphatic carbocycles. The van der Waals surface area contributed by atoms with Crippen LogP contribution in [0.4, 0.5) is 0 Å². The van der Waals surface area contributed by atoms with E-state index in [2.05, 4.69) is 25.2 Å². The molecule has 1 aliphatic rings. The minimum Gasteiger partial charge on any atom is -0.396 e. The summed E-state index contributed by atoms with van der Waals surface area (Å²) in [6, 6.07) is 10.4. The minimum absolute atomic E-state index is 0.0128. The molecule has 1 saturated carbocycles. The van der Waals surface area contributed by atoms with Gasteiger partial charge in [0.05, 0.1) is 11.6 Å². The fourth-order valence-corrected chi connectivity index (χ4v) is 2.98. The van der Waals surface area contributed by atoms with Crippen LogP contribution in [0.15, 0.2) is 24.3 Å². The lowest BCUT2D eigenvalue weighted by Crippen LogP contribution is -2.42. The number of aliphatic hydroxyl groups is 1. The first-order valence-electron chi connectivity index (χ1n) is 6.96. The largest absolute Gasteiger partial charge is 0.396 e. The van der Waals surface area contributed by atoms with Gasteiger partial charge in [-0.1, -0.05) is 25.5 Å². The molecule has 1 aromatic rings. The summed E-state index contributed by atoms with van der Waals surface area (Å²) in [7, 11) is 0. The van der Waals surface area contributed by atoms with Crippen LogP contribution in [0.1, 0.15) is 50.3 Å². The molecule has 1 aromatic carbocycles. The molecule has 0 spiro atoms. The molecule has 0 saturated heterocycles. The molecule has 0 radical (unpaired) electrons. The average molecular weight is 258 g/mol. The van der Waals surface area contributed by atoms with Crippen LogP contribution in [0.3, 0.4) is 0 Å². The summed E-state index contributed by atoms with van der Waals surface area (Å²) in [5.74, 6) is 0. The first-order valence-corrected chi connectivity index (χ1v) is 6.96. The molecule has 2 rings (SSSR count). The summed E-state index contributed by atoms with van der Waals surface area (Å²) in [4.78, 5) is 0. The third-order valence-corrected chi connectivity index (χ3v) is 4.41. The van der Waals surface area contributed by atoms with Crippen molar-refractivity contribution < 1.29 is 5.11 Å². The van der Waals surface area contributed by atoms with Gasteiger partial charge in [0.25, 0.3) is 0 Å². The molecule has 0 amide bonds. The normalized spacial score (nSPS) is 28.0. The number of nitrogens with one attached hydrogen (secondary N) is 1. The monoisotopic (exact) mass is 258 g/mol. The molecule has 1 fully saturated rings. The molecule has 2 N–H and O–H groups in total. The van der Waals surface area contributed by atoms with Crippen LogP contribution in [0, 0.1) is 16.7 Å². The van der Waals surface area contributed by atoms with E-state index in [1.807, 2.05) is 24.3 Å². The number of aliphatic hydroxyl groups excluding tert-OH is 1. The van der Waals surface area contributed by atoms with Gasteiger partial charge < -0.3 is 10.4 Å². The quantitative estimate of drug-likeness (QED) is 0.873. The van der Waals surface area contributed by atoms with Crippen LogP contribution in [-0.2, 0) is 0 Å². The van der Waals surface area contributed by atoms with E-state index in [4.69, 9.17) is 5.26 Å². The Balaban J connectivity index is 2.08. The third kappa shape index (κ3) is 2.97. The van der Waals surface area contributed by atoms with E-state index in [9.17, 15) is 5.11 Å². The highest BCUT2D eigenvalue weighted by Gasteiger charge is 2.38. The fourth-order valence-electron chi connectivity index (χ4n) is 2.98. The maximum Gasteiger partial charge on any atom is 0.0991 e. The zero-order valence-corrected chi connectivity index (χ0v) is 11.7. The average Bonchev–Trinajstić information content (AvgIpc) is 2.81. The predicted molar refractivity (Wildman–Crippen MR) is 75.5 cm³/mol. The Morgan fingerprint density at radius 3 is 3.05 bits per heavy atom. The highest BCUT2D eigenvalue weighted by molar-refractivity contribution is 5.34. The number of nitriles is 1. The van der Waals surface area contributed by atoms with E-state index in [0.29, 0.717) is 11.6 Å². The molecular formula is C16H22N2O. The molecule has 0 aromatic heterocycles. The molecule has 3 unspecified atom stereocenters. The maximum absolute atomic E-state index is 9.58. The number of hydrogen-bond donors (Lipinski definition) is 2. The van der Waals surface area contributed by atoms with Crippen LogP contribution < -0.4 is 5.32 Å². The van der Waals surface area contributed by atoms with Crippen LogP contribution >= 0.6 is 0 Å². The van der Waals surface area contributed by atoms with Gasteiger partial charge in [-0.05, 0) is 37.5 Å². The summed E-state index contributed by atoms with van der Waals surface area (Å²) in [5.41, 5.74) is 1.81. The second kappa shape index (κ2) is 5.73. The van der Waals surface area contributed by atoms with Crippen molar-refractivity contribution in [3.8, 4) is 6.07 Å². The molecule has 3 nitrogen and oxygen atoms in total. The molecular weight excluding hydrogens is 236 g/mol. The van der Waals surface area contributed by atoms with E-state index >= 15 is 0 Å². The molecule has 0 aliphatic heterocycles. The Labute approximate surface area is 115 Å². The number of benzene rings is 1. The second-order valence-electron chi connectivity index (χ2n) is 5.88. The SMILES string of the molecule is CC(NC1CCCC1(C)CO)c1cccc(C#N)c1. The van der Waals surface area contributed by atoms with Gasteiger partial charge in [0.15, 0.2) is 0 Å². The van der Waals surface area contributed by atoms with Crippen molar-refractivity contribution in [2.75, 3.05) is 6.61 Å². The smallest absolute Gasteiger partial charge is 0.0991 e. The predicted octanol–water partition coefficient (Wildman–Crippen LogP) is 2.76. The van der Waals surface area contributed by atoms with Gasteiger partial charge in [-0.15, -0.1) is 0 Å². The lowest BCUT2D eigenvalue weighted by molar-refractivity contribution is 0.114. The topological polar surface area (TPSA) is 56.0 Å². The summed E-state index contributed by atoms with van der Waals surface area (Å²) in [5, 5.41) is 22.1. The van der Waals surface area contributed by atoms with E-state index in [-0.39, 0.29) is 18.1 Å². The molecule has 0 bridgehead atoms. The molecule has 3 heteroatoms. The van der Waals surface area contributed by atoms with Gasteiger partial charge in [0.1, 0.15) is 0 Å². The lowest BCUT2D eigenvalue weighted by atomic mass is 9.85. The van der Waals surface area contributed by atoms with Crippen molar-refractivity contribution in [3.63, 3.8) is 0 Å². The fraction of sp³-hybridized carbons (Fsp3) is 0.562. The summed E-state index contributed by atoms with van der Waals surface area (Å²) >= 11 is 0. The Kier molecular flexibility index (Phi) is 4.24. The molecule has 19 heavy (non-hydrogen) atoms. The van der Waals surface area contributed by atoms with Crippen LogP contribution in [0.25, 0.3) is 0 Å². The van der Waals surface area contributed by atoms with E-state index in [0.717, 1.165) is 18.4 Å². The molecule has 102 valence electrons. The zero-order valence-electron chi connectivity index (χ0n) is 11.7. The highest BCUT2D eigenvalue weighted by Crippen LogP contribution is 2.38. The van der Waals surface area contributed by atoms with Gasteiger partial charge in [0.2, 0.25) is 0 Å². The highest BCUT2D eigenvalue weighted by atomic mass is 16.3. The second-order valence-corrected chi connectivity index (χ2v) is 5.88. The van der Waals surface area contributed by atoms with Gasteiger partial charge >= 0.3 is 0 Å². The Morgan fingerprint density at radius 1 is 1.58 bits per heavy atom. The molecule has 0 heterocycles. The standard InChI is InChI=1S/C16H22N2O/c1-12(14-6-3-5-13(9-14)10-17)18-15-7-4-8-16(15,2)11-19/h3,5-6,9,12,15,18-19H,4,7-8,11H2,1-2H3. The Bertz CT molecular complexity index is 480. The first kappa shape index (κ1) is 14.0. The van der Waals surface area contributed by atoms with E-state index < -0.39 is 0 Å². The van der Waals surface area contributed by atoms with Crippen molar-refractivity contribution in [3.05, 3.63) is 35.4 Å². The van der Waals surface area contributed by atoms with Crippen LogP contribution in [0.5, 0.6) is 0 Å². The maximum atomic E-state index is 9.58. The van der Waals surface area contributed by atoms with Gasteiger partial charge in [0, 0.05) is 24.1 Å². The van der Waals surface area contributed by atoms with E-state index in [1.54, 1.807) is 0 Å². The Morgan fingerprint density at radius 2 is 2.37 bits per heavy atom. The van der Waals surface area contributed by atoms with E-state index in [1.165, 1.54) is 6.42 Å². The van der Waals surface area contributed by atoms with Crippen LogP contribution in [-0.4, -0.2) is 17.8 Å². The van der Waals surface area contributed by atoms with Crippen molar-refractivity contribution in [2.45, 2.75) is 45.2 Å². The van der Waals surface area contributed by atoms with Crippen LogP contribution in [0.2, 0.25) is 0 Å². The number of nitrogens with zero attached hydrogens (tertiary/aromatic N) is 1. The number of hydrogen-bond acceptors (Lipinski definition) is 3. The molecule has 3 atom stereocenters.